The van der Waals surface area contributed by atoms with Gasteiger partial charge >= 0.3 is 0 Å². The van der Waals surface area contributed by atoms with Crippen LogP contribution in [0.15, 0.2) is 35.2 Å². The van der Waals surface area contributed by atoms with Crippen molar-refractivity contribution in [3.63, 3.8) is 0 Å². The van der Waals surface area contributed by atoms with E-state index in [2.05, 4.69) is 10.5 Å². The van der Waals surface area contributed by atoms with Gasteiger partial charge in [-0.25, -0.2) is 0 Å². The van der Waals surface area contributed by atoms with Gasteiger partial charge in [0.1, 0.15) is 6.26 Å². The molecule has 0 bridgehead atoms. The summed E-state index contributed by atoms with van der Waals surface area (Å²) >= 11 is 11.8. The van der Waals surface area contributed by atoms with Gasteiger partial charge in [0.25, 0.3) is 0 Å². The zero-order valence-corrected chi connectivity index (χ0v) is 9.22. The Labute approximate surface area is 97.0 Å². The average molecular weight is 243 g/mol. The molecule has 0 radical (unpaired) electrons. The molecule has 1 aromatic heterocycles. The standard InChI is InChI=1S/C10H8Cl2N2O/c11-8-1-2-9(12)10(3-8)13-4-7-5-14-15-6-7/h1-3,5-6,13H,4H2. The Balaban J connectivity index is 2.07. The van der Waals surface area contributed by atoms with Crippen molar-refractivity contribution in [2.45, 2.75) is 6.54 Å². The van der Waals surface area contributed by atoms with Gasteiger partial charge in [-0.3, -0.25) is 0 Å². The molecule has 0 unspecified atom stereocenters. The van der Waals surface area contributed by atoms with E-state index in [9.17, 15) is 0 Å². The summed E-state index contributed by atoms with van der Waals surface area (Å²) in [6.45, 7) is 0.601. The molecular formula is C10H8Cl2N2O. The van der Waals surface area contributed by atoms with Gasteiger partial charge < -0.3 is 9.84 Å². The van der Waals surface area contributed by atoms with Gasteiger partial charge in [0.05, 0.1) is 16.9 Å². The third-order valence-electron chi connectivity index (χ3n) is 1.89. The van der Waals surface area contributed by atoms with Crippen LogP contribution in [-0.4, -0.2) is 5.16 Å². The van der Waals surface area contributed by atoms with Gasteiger partial charge in [0.15, 0.2) is 0 Å². The maximum atomic E-state index is 5.98. The Hall–Kier alpha value is -1.19. The lowest BCUT2D eigenvalue weighted by atomic mass is 10.3. The molecule has 1 heterocycles. The third kappa shape index (κ3) is 2.64. The highest BCUT2D eigenvalue weighted by atomic mass is 35.5. The second-order valence-electron chi connectivity index (χ2n) is 3.01. The Bertz CT molecular complexity index is 443. The van der Waals surface area contributed by atoms with Crippen LogP contribution in [0.2, 0.25) is 10.0 Å². The molecular weight excluding hydrogens is 235 g/mol. The summed E-state index contributed by atoms with van der Waals surface area (Å²) in [6, 6.07) is 5.27. The lowest BCUT2D eigenvalue weighted by Gasteiger charge is -2.06. The van der Waals surface area contributed by atoms with Crippen LogP contribution in [0, 0.1) is 0 Å². The van der Waals surface area contributed by atoms with Crippen LogP contribution in [-0.2, 0) is 6.54 Å². The molecule has 0 amide bonds. The fourth-order valence-corrected chi connectivity index (χ4v) is 1.50. The molecule has 0 fully saturated rings. The fourth-order valence-electron chi connectivity index (χ4n) is 1.14. The molecule has 0 saturated heterocycles. The number of benzene rings is 1. The molecule has 0 spiro atoms. The van der Waals surface area contributed by atoms with Crippen molar-refractivity contribution in [1.29, 1.82) is 0 Å². The smallest absolute Gasteiger partial charge is 0.128 e. The first-order valence-electron chi connectivity index (χ1n) is 4.33. The van der Waals surface area contributed by atoms with E-state index in [4.69, 9.17) is 27.7 Å². The quantitative estimate of drug-likeness (QED) is 0.894. The Morgan fingerprint density at radius 1 is 1.33 bits per heavy atom. The molecule has 0 aliphatic heterocycles. The second-order valence-corrected chi connectivity index (χ2v) is 3.85. The van der Waals surface area contributed by atoms with Crippen molar-refractivity contribution in [3.05, 3.63) is 46.3 Å². The number of nitrogens with zero attached hydrogens (tertiary/aromatic N) is 1. The van der Waals surface area contributed by atoms with Crippen LogP contribution in [0.1, 0.15) is 5.56 Å². The molecule has 5 heteroatoms. The number of rotatable bonds is 3. The van der Waals surface area contributed by atoms with Crippen molar-refractivity contribution in [3.8, 4) is 0 Å². The topological polar surface area (TPSA) is 38.1 Å². The highest BCUT2D eigenvalue weighted by molar-refractivity contribution is 6.35. The predicted molar refractivity (Wildman–Crippen MR) is 60.3 cm³/mol. The first-order valence-corrected chi connectivity index (χ1v) is 5.08. The molecule has 2 aromatic rings. The van der Waals surface area contributed by atoms with Crippen LogP contribution >= 0.6 is 23.2 Å². The van der Waals surface area contributed by atoms with Crippen LogP contribution in [0.4, 0.5) is 5.69 Å². The number of anilines is 1. The molecule has 0 aliphatic carbocycles. The minimum Gasteiger partial charge on any atom is -0.380 e. The molecule has 3 nitrogen and oxygen atoms in total. The van der Waals surface area contributed by atoms with Crippen LogP contribution in [0.3, 0.4) is 0 Å². The number of nitrogens with one attached hydrogen (secondary N) is 1. The number of hydrogen-bond donors (Lipinski definition) is 1. The highest BCUT2D eigenvalue weighted by Crippen LogP contribution is 2.25. The Morgan fingerprint density at radius 3 is 2.93 bits per heavy atom. The summed E-state index contributed by atoms with van der Waals surface area (Å²) in [5.74, 6) is 0. The number of halogens is 2. The maximum absolute atomic E-state index is 5.98. The van der Waals surface area contributed by atoms with Gasteiger partial charge in [0.2, 0.25) is 0 Å². The van der Waals surface area contributed by atoms with Gasteiger partial charge in [-0.1, -0.05) is 28.4 Å². The summed E-state index contributed by atoms with van der Waals surface area (Å²) < 4.78 is 4.71. The van der Waals surface area contributed by atoms with E-state index >= 15 is 0 Å². The van der Waals surface area contributed by atoms with Gasteiger partial charge in [0, 0.05) is 17.1 Å². The van der Waals surface area contributed by atoms with E-state index in [0.29, 0.717) is 16.6 Å². The summed E-state index contributed by atoms with van der Waals surface area (Å²) in [6.07, 6.45) is 3.22. The molecule has 15 heavy (non-hydrogen) atoms. The molecule has 2 rings (SSSR count). The van der Waals surface area contributed by atoms with E-state index < -0.39 is 0 Å². The van der Waals surface area contributed by atoms with Crippen LogP contribution < -0.4 is 5.32 Å². The zero-order valence-electron chi connectivity index (χ0n) is 7.71. The van der Waals surface area contributed by atoms with Crippen molar-refractivity contribution < 1.29 is 4.52 Å². The van der Waals surface area contributed by atoms with Crippen molar-refractivity contribution in [2.75, 3.05) is 5.32 Å². The molecule has 0 aliphatic rings. The molecule has 78 valence electrons. The Morgan fingerprint density at radius 2 is 2.20 bits per heavy atom. The fraction of sp³-hybridized carbons (Fsp3) is 0.100. The SMILES string of the molecule is Clc1ccc(Cl)c(NCc2cnoc2)c1. The predicted octanol–water partition coefficient (Wildman–Crippen LogP) is 3.59. The summed E-state index contributed by atoms with van der Waals surface area (Å²) in [7, 11) is 0. The first-order chi connectivity index (χ1) is 7.25. The maximum Gasteiger partial charge on any atom is 0.128 e. The molecule has 0 atom stereocenters. The van der Waals surface area contributed by atoms with Crippen molar-refractivity contribution >= 4 is 28.9 Å². The van der Waals surface area contributed by atoms with E-state index in [-0.39, 0.29) is 0 Å². The van der Waals surface area contributed by atoms with E-state index in [1.165, 1.54) is 0 Å². The average Bonchev–Trinajstić information content (AvgIpc) is 2.72. The number of hydrogen-bond acceptors (Lipinski definition) is 3. The van der Waals surface area contributed by atoms with Gasteiger partial charge in [-0.2, -0.15) is 0 Å². The number of aromatic nitrogens is 1. The summed E-state index contributed by atoms with van der Waals surface area (Å²) in [5, 5.41) is 8.02. The molecule has 1 N–H and O–H groups in total. The van der Waals surface area contributed by atoms with E-state index in [0.717, 1.165) is 11.3 Å². The largest absolute Gasteiger partial charge is 0.380 e. The lowest BCUT2D eigenvalue weighted by molar-refractivity contribution is 0.419. The monoisotopic (exact) mass is 242 g/mol. The first kappa shape index (κ1) is 10.3. The van der Waals surface area contributed by atoms with Gasteiger partial charge in [-0.15, -0.1) is 0 Å². The highest BCUT2D eigenvalue weighted by Gasteiger charge is 2.01. The van der Waals surface area contributed by atoms with Crippen molar-refractivity contribution in [2.24, 2.45) is 0 Å². The third-order valence-corrected chi connectivity index (χ3v) is 2.46. The van der Waals surface area contributed by atoms with E-state index in [1.54, 1.807) is 30.7 Å². The lowest BCUT2D eigenvalue weighted by Crippen LogP contribution is -1.98. The second kappa shape index (κ2) is 4.55. The molecule has 0 saturated carbocycles. The van der Waals surface area contributed by atoms with Crippen molar-refractivity contribution in [1.82, 2.24) is 5.16 Å². The van der Waals surface area contributed by atoms with E-state index in [1.807, 2.05) is 0 Å². The van der Waals surface area contributed by atoms with Crippen LogP contribution in [0.25, 0.3) is 0 Å². The molecule has 1 aromatic carbocycles. The minimum absolute atomic E-state index is 0.601. The summed E-state index contributed by atoms with van der Waals surface area (Å²) in [5.41, 5.74) is 1.75. The Kier molecular flexibility index (Phi) is 3.14. The summed E-state index contributed by atoms with van der Waals surface area (Å²) in [4.78, 5) is 0. The van der Waals surface area contributed by atoms with Gasteiger partial charge in [-0.05, 0) is 18.2 Å². The minimum atomic E-state index is 0.601. The normalized spacial score (nSPS) is 10.3. The zero-order chi connectivity index (χ0) is 10.7. The van der Waals surface area contributed by atoms with Crippen LogP contribution in [0.5, 0.6) is 0 Å².